The largest absolute Gasteiger partial charge is 0.297 e. The van der Waals surface area contributed by atoms with Crippen molar-refractivity contribution in [3.05, 3.63) is 51.2 Å². The number of fused-ring (bicyclic) bond motifs is 1. The zero-order valence-corrected chi connectivity index (χ0v) is 13.9. The van der Waals surface area contributed by atoms with E-state index >= 15 is 0 Å². The van der Waals surface area contributed by atoms with E-state index in [-0.39, 0.29) is 10.7 Å². The Morgan fingerprint density at radius 2 is 2.09 bits per heavy atom. The summed E-state index contributed by atoms with van der Waals surface area (Å²) in [6.07, 6.45) is 1.59. The predicted molar refractivity (Wildman–Crippen MR) is 84.8 cm³/mol. The third-order valence-electron chi connectivity index (χ3n) is 3.81. The van der Waals surface area contributed by atoms with Gasteiger partial charge in [0, 0.05) is 37.1 Å². The molecule has 0 fully saturated rings. The fourth-order valence-electron chi connectivity index (χ4n) is 2.70. The van der Waals surface area contributed by atoms with Crippen LogP contribution in [0.4, 0.5) is 0 Å². The van der Waals surface area contributed by atoms with Crippen LogP contribution >= 0.6 is 0 Å². The summed E-state index contributed by atoms with van der Waals surface area (Å²) in [7, 11) is -3.54. The Labute approximate surface area is 134 Å². The van der Waals surface area contributed by atoms with E-state index in [0.717, 1.165) is 17.6 Å². The fourth-order valence-corrected chi connectivity index (χ4v) is 3.25. The highest BCUT2D eigenvalue weighted by atomic mass is 32.2. The van der Waals surface area contributed by atoms with Gasteiger partial charge in [-0.05, 0) is 25.5 Å². The molecule has 0 atom stereocenters. The van der Waals surface area contributed by atoms with Gasteiger partial charge in [-0.25, -0.2) is 13.4 Å². The lowest BCUT2D eigenvalue weighted by Gasteiger charge is -2.27. The quantitative estimate of drug-likeness (QED) is 0.818. The summed E-state index contributed by atoms with van der Waals surface area (Å²) < 4.78 is 23.2. The summed E-state index contributed by atoms with van der Waals surface area (Å²) >= 11 is 0. The van der Waals surface area contributed by atoms with Crippen molar-refractivity contribution in [2.45, 2.75) is 31.6 Å². The highest BCUT2D eigenvalue weighted by Crippen LogP contribution is 2.17. The van der Waals surface area contributed by atoms with Crippen LogP contribution in [-0.2, 0) is 29.3 Å². The summed E-state index contributed by atoms with van der Waals surface area (Å²) in [5.41, 5.74) is 2.65. The molecule has 0 aliphatic carbocycles. The van der Waals surface area contributed by atoms with Crippen molar-refractivity contribution in [1.82, 2.24) is 19.9 Å². The van der Waals surface area contributed by atoms with Crippen LogP contribution in [0.1, 0.15) is 22.6 Å². The van der Waals surface area contributed by atoms with Gasteiger partial charge in [-0.15, -0.1) is 0 Å². The van der Waals surface area contributed by atoms with Crippen molar-refractivity contribution in [2.75, 3.05) is 12.8 Å². The monoisotopic (exact) mass is 334 g/mol. The number of H-pyrrole nitrogens is 1. The lowest BCUT2D eigenvalue weighted by molar-refractivity contribution is 0.236. The molecular formula is C15H18N4O3S. The van der Waals surface area contributed by atoms with Gasteiger partial charge < -0.3 is 0 Å². The minimum atomic E-state index is -3.54. The van der Waals surface area contributed by atoms with Gasteiger partial charge >= 0.3 is 0 Å². The molecule has 0 saturated carbocycles. The Morgan fingerprint density at radius 3 is 2.78 bits per heavy atom. The number of aromatic amines is 1. The van der Waals surface area contributed by atoms with Gasteiger partial charge in [-0.3, -0.25) is 19.7 Å². The average Bonchev–Trinajstić information content (AvgIpc) is 2.46. The van der Waals surface area contributed by atoms with Gasteiger partial charge in [0.25, 0.3) is 5.56 Å². The molecule has 0 radical (unpaired) electrons. The second-order valence-corrected chi connectivity index (χ2v) is 7.73. The lowest BCUT2D eigenvalue weighted by Crippen LogP contribution is -2.35. The highest BCUT2D eigenvalue weighted by Gasteiger charge is 2.23. The van der Waals surface area contributed by atoms with Crippen LogP contribution in [0, 0.1) is 6.92 Å². The van der Waals surface area contributed by atoms with E-state index < -0.39 is 9.84 Å². The van der Waals surface area contributed by atoms with Crippen molar-refractivity contribution in [3.8, 4) is 0 Å². The molecule has 2 aromatic rings. The second kappa shape index (κ2) is 5.86. The number of aromatic nitrogens is 3. The Kier molecular flexibility index (Phi) is 4.03. The van der Waals surface area contributed by atoms with Crippen molar-refractivity contribution in [2.24, 2.45) is 0 Å². The zero-order chi connectivity index (χ0) is 16.6. The standard InChI is InChI=1S/C15H18N4O3S/c1-10-4-3-5-11(16-10)8-19-7-6-12-13(9-19)17-15(18-14(12)20)23(2,21)22/h3-5H,6-9H2,1-2H3,(H,17,18,20). The van der Waals surface area contributed by atoms with E-state index in [2.05, 4.69) is 19.9 Å². The molecule has 7 nitrogen and oxygen atoms in total. The number of sulfone groups is 1. The maximum absolute atomic E-state index is 12.1. The predicted octanol–water partition coefficient (Wildman–Crippen LogP) is 0.435. The highest BCUT2D eigenvalue weighted by molar-refractivity contribution is 7.90. The number of nitrogens with one attached hydrogen (secondary N) is 1. The number of hydrogen-bond donors (Lipinski definition) is 1. The van der Waals surface area contributed by atoms with Crippen LogP contribution in [0.2, 0.25) is 0 Å². The fraction of sp³-hybridized carbons (Fsp3) is 0.400. The van der Waals surface area contributed by atoms with E-state index in [1.165, 1.54) is 0 Å². The van der Waals surface area contributed by atoms with Crippen LogP contribution in [0.3, 0.4) is 0 Å². The molecule has 0 aromatic carbocycles. The van der Waals surface area contributed by atoms with Crippen molar-refractivity contribution in [3.63, 3.8) is 0 Å². The molecule has 0 saturated heterocycles. The first kappa shape index (κ1) is 15.8. The minimum absolute atomic E-state index is 0.267. The summed E-state index contributed by atoms with van der Waals surface area (Å²) in [6.45, 7) is 3.74. The second-order valence-electron chi connectivity index (χ2n) is 5.80. The number of pyridine rings is 1. The van der Waals surface area contributed by atoms with Crippen molar-refractivity contribution >= 4 is 9.84 Å². The number of nitrogens with zero attached hydrogens (tertiary/aromatic N) is 3. The summed E-state index contributed by atoms with van der Waals surface area (Å²) in [6, 6.07) is 5.85. The van der Waals surface area contributed by atoms with E-state index in [4.69, 9.17) is 0 Å². The van der Waals surface area contributed by atoms with Crippen LogP contribution in [0.15, 0.2) is 28.2 Å². The molecule has 2 aromatic heterocycles. The van der Waals surface area contributed by atoms with Crippen LogP contribution in [0.25, 0.3) is 0 Å². The van der Waals surface area contributed by atoms with E-state index in [9.17, 15) is 13.2 Å². The van der Waals surface area contributed by atoms with Crippen molar-refractivity contribution in [1.29, 1.82) is 0 Å². The van der Waals surface area contributed by atoms with E-state index in [1.807, 2.05) is 25.1 Å². The van der Waals surface area contributed by atoms with Gasteiger partial charge in [0.2, 0.25) is 15.0 Å². The maximum Gasteiger partial charge on any atom is 0.255 e. The minimum Gasteiger partial charge on any atom is -0.297 e. The molecule has 1 aliphatic heterocycles. The summed E-state index contributed by atoms with van der Waals surface area (Å²) in [5, 5.41) is -0.267. The molecule has 23 heavy (non-hydrogen) atoms. The lowest BCUT2D eigenvalue weighted by atomic mass is 10.1. The number of aryl methyl sites for hydroxylation is 1. The molecule has 0 unspecified atom stereocenters. The van der Waals surface area contributed by atoms with Gasteiger partial charge in [0.1, 0.15) is 0 Å². The molecule has 122 valence electrons. The van der Waals surface area contributed by atoms with Gasteiger partial charge in [-0.2, -0.15) is 0 Å². The molecule has 3 heterocycles. The maximum atomic E-state index is 12.1. The van der Waals surface area contributed by atoms with Crippen LogP contribution < -0.4 is 5.56 Å². The normalized spacial score (nSPS) is 15.4. The third kappa shape index (κ3) is 3.48. The Balaban J connectivity index is 1.88. The third-order valence-corrected chi connectivity index (χ3v) is 4.71. The smallest absolute Gasteiger partial charge is 0.255 e. The first-order valence-electron chi connectivity index (χ1n) is 7.30. The molecule has 0 spiro atoms. The Hall–Kier alpha value is -2.06. The van der Waals surface area contributed by atoms with Crippen LogP contribution in [0.5, 0.6) is 0 Å². The number of rotatable bonds is 3. The topological polar surface area (TPSA) is 96.0 Å². The van der Waals surface area contributed by atoms with E-state index in [0.29, 0.717) is 37.3 Å². The summed E-state index contributed by atoms with van der Waals surface area (Å²) in [5.74, 6) is 0. The van der Waals surface area contributed by atoms with Crippen molar-refractivity contribution < 1.29 is 8.42 Å². The van der Waals surface area contributed by atoms with Gasteiger partial charge in [0.15, 0.2) is 0 Å². The molecule has 1 aliphatic rings. The molecule has 3 rings (SSSR count). The number of hydrogen-bond acceptors (Lipinski definition) is 6. The molecule has 8 heteroatoms. The summed E-state index contributed by atoms with van der Waals surface area (Å²) in [4.78, 5) is 25.1. The van der Waals surface area contributed by atoms with Gasteiger partial charge in [0.05, 0.1) is 11.4 Å². The molecular weight excluding hydrogens is 316 g/mol. The first-order valence-corrected chi connectivity index (χ1v) is 9.19. The van der Waals surface area contributed by atoms with Gasteiger partial charge in [-0.1, -0.05) is 6.07 Å². The first-order chi connectivity index (χ1) is 10.8. The zero-order valence-electron chi connectivity index (χ0n) is 13.0. The van der Waals surface area contributed by atoms with Crippen LogP contribution in [-0.4, -0.2) is 41.1 Å². The SMILES string of the molecule is Cc1cccc(CN2CCc3c(nc(S(C)(=O)=O)[nH]c3=O)C2)n1. The van der Waals surface area contributed by atoms with E-state index in [1.54, 1.807) is 0 Å². The molecule has 1 N–H and O–H groups in total. The molecule has 0 amide bonds. The molecule has 0 bridgehead atoms. The average molecular weight is 334 g/mol. The Bertz CT molecular complexity index is 905. The Morgan fingerprint density at radius 1 is 1.30 bits per heavy atom.